The van der Waals surface area contributed by atoms with Crippen LogP contribution in [0.2, 0.25) is 0 Å². The highest BCUT2D eigenvalue weighted by Crippen LogP contribution is 2.09. The van der Waals surface area contributed by atoms with E-state index in [1.807, 2.05) is 6.92 Å². The molecule has 0 fully saturated rings. The maximum Gasteiger partial charge on any atom is 0.251 e. The Morgan fingerprint density at radius 3 is 2.00 bits per heavy atom. The average Bonchev–Trinajstić information content (AvgIpc) is 2.68. The fraction of sp³-hybridized carbons (Fsp3) is 0.476. The monoisotopic (exact) mass is 373 g/mol. The predicted molar refractivity (Wildman–Crippen MR) is 104 cm³/mol. The summed E-state index contributed by atoms with van der Waals surface area (Å²) in [5.41, 5.74) is 1.58. The summed E-state index contributed by atoms with van der Waals surface area (Å²) >= 11 is 0. The van der Waals surface area contributed by atoms with Gasteiger partial charge in [0.15, 0.2) is 0 Å². The van der Waals surface area contributed by atoms with Crippen molar-refractivity contribution >= 4 is 5.91 Å². The van der Waals surface area contributed by atoms with Crippen LogP contribution in [0.4, 0.5) is 0 Å². The highest BCUT2D eigenvalue weighted by atomic mass is 16.6. The van der Waals surface area contributed by atoms with Crippen LogP contribution in [0.3, 0.4) is 0 Å². The SMILES string of the molecule is C#Cc1cc(C#C)cc(C(=O)N[C@@H](C)COCCOCCOCCOC)c1. The van der Waals surface area contributed by atoms with E-state index in [1.54, 1.807) is 25.3 Å². The molecule has 0 spiro atoms. The molecule has 27 heavy (non-hydrogen) atoms. The molecule has 1 N–H and O–H groups in total. The highest BCUT2D eigenvalue weighted by Gasteiger charge is 2.11. The standard InChI is InChI=1S/C21H27NO5/c1-5-18-13-19(6-2)15-20(14-18)21(23)22-17(3)16-27-12-11-26-10-9-25-8-7-24-4/h1-2,13-15,17H,7-12,16H2,3-4H3,(H,22,23)/t17-/m0/s1. The molecule has 0 radical (unpaired) electrons. The third-order valence-electron chi connectivity index (χ3n) is 3.45. The molecule has 6 heteroatoms. The lowest BCUT2D eigenvalue weighted by atomic mass is 10.1. The molecule has 0 unspecified atom stereocenters. The van der Waals surface area contributed by atoms with Crippen LogP contribution in [0, 0.1) is 24.7 Å². The van der Waals surface area contributed by atoms with Crippen molar-refractivity contribution in [1.29, 1.82) is 0 Å². The largest absolute Gasteiger partial charge is 0.382 e. The van der Waals surface area contributed by atoms with Gasteiger partial charge in [0.2, 0.25) is 0 Å². The summed E-state index contributed by atoms with van der Waals surface area (Å²) in [5.74, 6) is 4.74. The lowest BCUT2D eigenvalue weighted by molar-refractivity contribution is 0.00150. The molecule has 146 valence electrons. The van der Waals surface area contributed by atoms with Crippen molar-refractivity contribution in [3.8, 4) is 24.7 Å². The normalized spacial score (nSPS) is 11.4. The molecule has 0 aliphatic heterocycles. The molecule has 1 aromatic carbocycles. The second-order valence-corrected chi connectivity index (χ2v) is 5.75. The van der Waals surface area contributed by atoms with Crippen LogP contribution in [0.5, 0.6) is 0 Å². The fourth-order valence-corrected chi connectivity index (χ4v) is 2.12. The minimum atomic E-state index is -0.246. The van der Waals surface area contributed by atoms with Gasteiger partial charge in [0.25, 0.3) is 5.91 Å². The average molecular weight is 373 g/mol. The quantitative estimate of drug-likeness (QED) is 0.419. The smallest absolute Gasteiger partial charge is 0.251 e. The van der Waals surface area contributed by atoms with E-state index in [9.17, 15) is 4.79 Å². The molecule has 1 atom stereocenters. The molecular weight excluding hydrogens is 346 g/mol. The maximum absolute atomic E-state index is 12.3. The summed E-state index contributed by atoms with van der Waals surface area (Å²) in [6.45, 7) is 5.28. The zero-order chi connectivity index (χ0) is 19.9. The van der Waals surface area contributed by atoms with Crippen LogP contribution in [0.1, 0.15) is 28.4 Å². The van der Waals surface area contributed by atoms with Crippen molar-refractivity contribution in [2.45, 2.75) is 13.0 Å². The lowest BCUT2D eigenvalue weighted by Gasteiger charge is -2.15. The van der Waals surface area contributed by atoms with Crippen molar-refractivity contribution in [3.63, 3.8) is 0 Å². The number of carbonyl (C=O) groups excluding carboxylic acids is 1. The van der Waals surface area contributed by atoms with Gasteiger partial charge in [-0.05, 0) is 25.1 Å². The molecule has 0 aromatic heterocycles. The Hall–Kier alpha value is -2.35. The Labute approximate surface area is 161 Å². The van der Waals surface area contributed by atoms with Crippen LogP contribution in [-0.2, 0) is 18.9 Å². The Balaban J connectivity index is 2.22. The Kier molecular flexibility index (Phi) is 11.6. The van der Waals surface area contributed by atoms with E-state index in [0.717, 1.165) is 0 Å². The number of hydrogen-bond donors (Lipinski definition) is 1. The van der Waals surface area contributed by atoms with Gasteiger partial charge in [-0.2, -0.15) is 0 Å². The van der Waals surface area contributed by atoms with Gasteiger partial charge in [-0.1, -0.05) is 11.8 Å². The summed E-state index contributed by atoms with van der Waals surface area (Å²) in [6, 6.07) is 4.78. The van der Waals surface area contributed by atoms with Gasteiger partial charge in [-0.15, -0.1) is 12.8 Å². The van der Waals surface area contributed by atoms with E-state index in [0.29, 0.717) is 62.9 Å². The van der Waals surface area contributed by atoms with Gasteiger partial charge < -0.3 is 24.3 Å². The Morgan fingerprint density at radius 1 is 0.963 bits per heavy atom. The van der Waals surface area contributed by atoms with Crippen molar-refractivity contribution in [3.05, 3.63) is 34.9 Å². The number of amides is 1. The maximum atomic E-state index is 12.3. The molecule has 1 rings (SSSR count). The van der Waals surface area contributed by atoms with Crippen LogP contribution in [0.15, 0.2) is 18.2 Å². The number of benzene rings is 1. The summed E-state index contributed by atoms with van der Waals surface area (Å²) in [6.07, 6.45) is 10.8. The number of methoxy groups -OCH3 is 1. The van der Waals surface area contributed by atoms with E-state index in [-0.39, 0.29) is 11.9 Å². The molecule has 0 saturated carbocycles. The molecule has 0 bridgehead atoms. The number of nitrogens with one attached hydrogen (secondary N) is 1. The van der Waals surface area contributed by atoms with Crippen molar-refractivity contribution < 1.29 is 23.7 Å². The van der Waals surface area contributed by atoms with Crippen molar-refractivity contribution in [2.24, 2.45) is 0 Å². The highest BCUT2D eigenvalue weighted by molar-refractivity contribution is 5.95. The van der Waals surface area contributed by atoms with E-state index in [1.165, 1.54) is 0 Å². The first-order valence-corrected chi connectivity index (χ1v) is 8.72. The van der Waals surface area contributed by atoms with Crippen LogP contribution >= 0.6 is 0 Å². The minimum Gasteiger partial charge on any atom is -0.382 e. The molecular formula is C21H27NO5. The van der Waals surface area contributed by atoms with Gasteiger partial charge in [-0.3, -0.25) is 4.79 Å². The lowest BCUT2D eigenvalue weighted by Crippen LogP contribution is -2.36. The second-order valence-electron chi connectivity index (χ2n) is 5.75. The zero-order valence-electron chi connectivity index (χ0n) is 16.0. The number of rotatable bonds is 13. The second kappa shape index (κ2) is 13.8. The van der Waals surface area contributed by atoms with E-state index >= 15 is 0 Å². The third-order valence-corrected chi connectivity index (χ3v) is 3.45. The number of terminal acetylenes is 2. The Morgan fingerprint density at radius 2 is 1.48 bits per heavy atom. The van der Waals surface area contributed by atoms with Gasteiger partial charge in [0, 0.05) is 29.8 Å². The minimum absolute atomic E-state index is 0.168. The van der Waals surface area contributed by atoms with Crippen LogP contribution in [-0.4, -0.2) is 65.3 Å². The molecule has 0 heterocycles. The summed E-state index contributed by atoms with van der Waals surface area (Å²) in [5, 5.41) is 2.86. The number of hydrogen-bond acceptors (Lipinski definition) is 5. The zero-order valence-corrected chi connectivity index (χ0v) is 16.0. The number of ether oxygens (including phenoxy) is 4. The van der Waals surface area contributed by atoms with Crippen molar-refractivity contribution in [2.75, 3.05) is 53.4 Å². The molecule has 0 saturated heterocycles. The van der Waals surface area contributed by atoms with Gasteiger partial charge in [0.1, 0.15) is 0 Å². The van der Waals surface area contributed by atoms with E-state index in [4.69, 9.17) is 31.8 Å². The predicted octanol–water partition coefficient (Wildman–Crippen LogP) is 1.46. The number of carbonyl (C=O) groups is 1. The van der Waals surface area contributed by atoms with Crippen LogP contribution in [0.25, 0.3) is 0 Å². The fourth-order valence-electron chi connectivity index (χ4n) is 2.12. The summed E-state index contributed by atoms with van der Waals surface area (Å²) in [7, 11) is 1.63. The Bertz CT molecular complexity index is 627. The topological polar surface area (TPSA) is 66.0 Å². The molecule has 1 amide bonds. The van der Waals surface area contributed by atoms with Gasteiger partial charge >= 0.3 is 0 Å². The summed E-state index contributed by atoms with van der Waals surface area (Å²) < 4.78 is 21.0. The van der Waals surface area contributed by atoms with E-state index < -0.39 is 0 Å². The molecule has 6 nitrogen and oxygen atoms in total. The molecule has 0 aliphatic rings. The van der Waals surface area contributed by atoms with Gasteiger partial charge in [-0.25, -0.2) is 0 Å². The van der Waals surface area contributed by atoms with Crippen LogP contribution < -0.4 is 5.32 Å². The first-order chi connectivity index (χ1) is 13.1. The molecule has 0 aliphatic carbocycles. The van der Waals surface area contributed by atoms with Crippen molar-refractivity contribution in [1.82, 2.24) is 5.32 Å². The first kappa shape index (κ1) is 22.7. The third kappa shape index (κ3) is 9.79. The summed E-state index contributed by atoms with van der Waals surface area (Å²) in [4.78, 5) is 12.3. The molecule has 1 aromatic rings. The van der Waals surface area contributed by atoms with Gasteiger partial charge in [0.05, 0.1) is 46.2 Å². The first-order valence-electron chi connectivity index (χ1n) is 8.72. The van der Waals surface area contributed by atoms with E-state index in [2.05, 4.69) is 17.2 Å².